The molecule has 0 radical (unpaired) electrons. The average Bonchev–Trinajstić information content (AvgIpc) is 2.50. The summed E-state index contributed by atoms with van der Waals surface area (Å²) in [6.07, 6.45) is 0. The highest BCUT2D eigenvalue weighted by molar-refractivity contribution is 5.85. The second kappa shape index (κ2) is 7.76. The fraction of sp³-hybridized carbons (Fsp3) is 0.308. The van der Waals surface area contributed by atoms with Crippen LogP contribution in [0.15, 0.2) is 24.3 Å². The summed E-state index contributed by atoms with van der Waals surface area (Å²) < 4.78 is 9.58. The van der Waals surface area contributed by atoms with E-state index in [1.54, 1.807) is 24.3 Å². The van der Waals surface area contributed by atoms with Gasteiger partial charge in [0.25, 0.3) is 5.91 Å². The van der Waals surface area contributed by atoms with Gasteiger partial charge in [-0.05, 0) is 24.3 Å². The molecule has 1 amide bonds. The molecule has 0 fully saturated rings. The Morgan fingerprint density at radius 2 is 2.05 bits per heavy atom. The van der Waals surface area contributed by atoms with Crippen LogP contribution in [0.25, 0.3) is 0 Å². The first kappa shape index (κ1) is 15.5. The summed E-state index contributed by atoms with van der Waals surface area (Å²) in [5, 5.41) is 19.8. The molecule has 7 nitrogen and oxygen atoms in total. The van der Waals surface area contributed by atoms with Crippen molar-refractivity contribution in [3.8, 4) is 11.8 Å². The average molecular weight is 278 g/mol. The van der Waals surface area contributed by atoms with Crippen molar-refractivity contribution in [1.29, 1.82) is 5.26 Å². The lowest BCUT2D eigenvalue weighted by atomic mass is 10.2. The molecule has 0 aliphatic rings. The first-order chi connectivity index (χ1) is 9.60. The molecule has 0 aromatic heterocycles. The number of hydrogen-bond acceptors (Lipinski definition) is 6. The smallest absolute Gasteiger partial charge is 0.330 e. The number of nitriles is 1. The summed E-state index contributed by atoms with van der Waals surface area (Å²) in [6.45, 7) is -0.880. The molecule has 1 aromatic rings. The molecular weight excluding hydrogens is 264 g/mol. The third kappa shape index (κ3) is 4.59. The van der Waals surface area contributed by atoms with Crippen LogP contribution < -0.4 is 10.1 Å². The zero-order valence-corrected chi connectivity index (χ0v) is 10.8. The van der Waals surface area contributed by atoms with Gasteiger partial charge in [-0.15, -0.1) is 0 Å². The summed E-state index contributed by atoms with van der Waals surface area (Å²) in [5.41, 5.74) is 0.479. The Balaban J connectivity index is 2.46. The van der Waals surface area contributed by atoms with E-state index in [2.05, 4.69) is 10.1 Å². The van der Waals surface area contributed by atoms with Crippen molar-refractivity contribution in [2.75, 3.05) is 20.3 Å². The van der Waals surface area contributed by atoms with Gasteiger partial charge in [0.05, 0.1) is 25.3 Å². The monoisotopic (exact) mass is 278 g/mol. The summed E-state index contributed by atoms with van der Waals surface area (Å²) >= 11 is 0. The Morgan fingerprint density at radius 3 is 2.55 bits per heavy atom. The van der Waals surface area contributed by atoms with Crippen LogP contribution in [0.3, 0.4) is 0 Å². The van der Waals surface area contributed by atoms with Gasteiger partial charge in [-0.3, -0.25) is 4.79 Å². The van der Waals surface area contributed by atoms with Gasteiger partial charge >= 0.3 is 5.97 Å². The van der Waals surface area contributed by atoms with E-state index in [1.807, 2.05) is 6.07 Å². The summed E-state index contributed by atoms with van der Waals surface area (Å²) in [5.74, 6) is -0.893. The molecule has 0 aliphatic carbocycles. The topological polar surface area (TPSA) is 109 Å². The Kier molecular flexibility index (Phi) is 6.00. The molecule has 1 unspecified atom stereocenters. The number of amides is 1. The van der Waals surface area contributed by atoms with Gasteiger partial charge in [0.2, 0.25) is 0 Å². The van der Waals surface area contributed by atoms with Crippen LogP contribution in [0.2, 0.25) is 0 Å². The van der Waals surface area contributed by atoms with Gasteiger partial charge < -0.3 is 19.9 Å². The quantitative estimate of drug-likeness (QED) is 0.684. The van der Waals surface area contributed by atoms with E-state index in [4.69, 9.17) is 15.1 Å². The Labute approximate surface area is 115 Å². The Bertz CT molecular complexity index is 506. The second-order valence-electron chi connectivity index (χ2n) is 3.75. The van der Waals surface area contributed by atoms with Crippen LogP contribution in [0, 0.1) is 11.3 Å². The highest BCUT2D eigenvalue weighted by atomic mass is 16.5. The first-order valence-electron chi connectivity index (χ1n) is 5.71. The van der Waals surface area contributed by atoms with E-state index in [1.165, 1.54) is 0 Å². The molecule has 2 N–H and O–H groups in total. The molecular formula is C13H14N2O5. The first-order valence-corrected chi connectivity index (χ1v) is 5.71. The van der Waals surface area contributed by atoms with Crippen molar-refractivity contribution in [3.05, 3.63) is 29.8 Å². The number of benzene rings is 1. The van der Waals surface area contributed by atoms with E-state index < -0.39 is 24.5 Å². The van der Waals surface area contributed by atoms with Gasteiger partial charge in [0.15, 0.2) is 12.6 Å². The predicted molar refractivity (Wildman–Crippen MR) is 67.7 cm³/mol. The maximum Gasteiger partial charge on any atom is 0.330 e. The molecule has 0 saturated carbocycles. The number of nitrogens with one attached hydrogen (secondary N) is 1. The van der Waals surface area contributed by atoms with Crippen molar-refractivity contribution in [2.24, 2.45) is 0 Å². The van der Waals surface area contributed by atoms with Gasteiger partial charge in [0, 0.05) is 0 Å². The maximum atomic E-state index is 11.5. The van der Waals surface area contributed by atoms with Crippen molar-refractivity contribution in [3.63, 3.8) is 0 Å². The van der Waals surface area contributed by atoms with E-state index in [9.17, 15) is 9.59 Å². The summed E-state index contributed by atoms with van der Waals surface area (Å²) in [7, 11) is 1.16. The number of nitrogens with zero attached hydrogens (tertiary/aromatic N) is 1. The molecule has 106 valence electrons. The van der Waals surface area contributed by atoms with Crippen LogP contribution in [-0.2, 0) is 14.3 Å². The molecule has 1 atom stereocenters. The second-order valence-corrected chi connectivity index (χ2v) is 3.75. The molecule has 0 aliphatic heterocycles. The molecule has 0 heterocycles. The number of methoxy groups -OCH3 is 1. The Morgan fingerprint density at radius 1 is 1.40 bits per heavy atom. The van der Waals surface area contributed by atoms with Gasteiger partial charge in [0.1, 0.15) is 5.75 Å². The van der Waals surface area contributed by atoms with Crippen molar-refractivity contribution in [1.82, 2.24) is 5.32 Å². The maximum absolute atomic E-state index is 11.5. The number of ether oxygens (including phenoxy) is 2. The van der Waals surface area contributed by atoms with Crippen LogP contribution in [0.4, 0.5) is 0 Å². The SMILES string of the molecule is COC(=O)C(CO)NC(=O)COc1ccc(C#N)cc1. The standard InChI is InChI=1S/C13H14N2O5/c1-19-13(18)11(7-16)15-12(17)8-20-10-4-2-9(6-14)3-5-10/h2-5,11,16H,7-8H2,1H3,(H,15,17). The summed E-state index contributed by atoms with van der Waals surface area (Å²) in [4.78, 5) is 22.7. The van der Waals surface area contributed by atoms with Crippen molar-refractivity contribution in [2.45, 2.75) is 6.04 Å². The minimum Gasteiger partial charge on any atom is -0.484 e. The molecule has 1 rings (SSSR count). The van der Waals surface area contributed by atoms with Gasteiger partial charge in [-0.1, -0.05) is 0 Å². The summed E-state index contributed by atoms with van der Waals surface area (Å²) in [6, 6.07) is 7.05. The third-order valence-electron chi connectivity index (χ3n) is 2.36. The van der Waals surface area contributed by atoms with Crippen LogP contribution >= 0.6 is 0 Å². The fourth-order valence-electron chi connectivity index (χ4n) is 1.33. The normalized spacial score (nSPS) is 11.1. The number of rotatable bonds is 6. The van der Waals surface area contributed by atoms with E-state index in [-0.39, 0.29) is 6.61 Å². The molecule has 0 saturated heterocycles. The van der Waals surface area contributed by atoms with Crippen molar-refractivity contribution < 1.29 is 24.2 Å². The van der Waals surface area contributed by atoms with Gasteiger partial charge in [-0.2, -0.15) is 5.26 Å². The number of carbonyl (C=O) groups is 2. The van der Waals surface area contributed by atoms with Crippen LogP contribution in [-0.4, -0.2) is 43.3 Å². The largest absolute Gasteiger partial charge is 0.484 e. The number of esters is 1. The van der Waals surface area contributed by atoms with E-state index in [0.717, 1.165) is 7.11 Å². The number of aliphatic hydroxyl groups excluding tert-OH is 1. The highest BCUT2D eigenvalue weighted by Crippen LogP contribution is 2.11. The molecule has 7 heteroatoms. The minimum atomic E-state index is -1.11. The van der Waals surface area contributed by atoms with E-state index in [0.29, 0.717) is 11.3 Å². The van der Waals surface area contributed by atoms with E-state index >= 15 is 0 Å². The lowest BCUT2D eigenvalue weighted by molar-refractivity contribution is -0.146. The highest BCUT2D eigenvalue weighted by Gasteiger charge is 2.20. The molecule has 0 bridgehead atoms. The molecule has 1 aromatic carbocycles. The van der Waals surface area contributed by atoms with Crippen LogP contribution in [0.5, 0.6) is 5.75 Å². The molecule has 20 heavy (non-hydrogen) atoms. The lowest BCUT2D eigenvalue weighted by Gasteiger charge is -2.14. The zero-order valence-electron chi connectivity index (χ0n) is 10.8. The minimum absolute atomic E-state index is 0.320. The number of carbonyl (C=O) groups excluding carboxylic acids is 2. The lowest BCUT2D eigenvalue weighted by Crippen LogP contribution is -2.45. The fourth-order valence-corrected chi connectivity index (χ4v) is 1.33. The van der Waals surface area contributed by atoms with Gasteiger partial charge in [-0.25, -0.2) is 4.79 Å². The third-order valence-corrected chi connectivity index (χ3v) is 2.36. The number of hydrogen-bond donors (Lipinski definition) is 2. The molecule has 0 spiro atoms. The van der Waals surface area contributed by atoms with Crippen LogP contribution in [0.1, 0.15) is 5.56 Å². The number of aliphatic hydroxyl groups is 1. The predicted octanol–water partition coefficient (Wildman–Crippen LogP) is -0.413. The Hall–Kier alpha value is -2.59. The zero-order chi connectivity index (χ0) is 15.0. The van der Waals surface area contributed by atoms with Crippen molar-refractivity contribution >= 4 is 11.9 Å².